The van der Waals surface area contributed by atoms with Crippen LogP contribution in [0.25, 0.3) is 0 Å². The van der Waals surface area contributed by atoms with Gasteiger partial charge >= 0.3 is 5.97 Å². The van der Waals surface area contributed by atoms with Gasteiger partial charge in [-0.1, -0.05) is 38.1 Å². The molecule has 4 heteroatoms. The van der Waals surface area contributed by atoms with Crippen molar-refractivity contribution < 1.29 is 9.90 Å². The lowest BCUT2D eigenvalue weighted by molar-refractivity contribution is -0.143. The highest BCUT2D eigenvalue weighted by molar-refractivity contribution is 7.98. The van der Waals surface area contributed by atoms with Gasteiger partial charge < -0.3 is 10.8 Å². The van der Waals surface area contributed by atoms with Gasteiger partial charge in [0.1, 0.15) is 5.54 Å². The topological polar surface area (TPSA) is 63.3 Å². The number of hydrogen-bond donors (Lipinski definition) is 2. The molecule has 0 radical (unpaired) electrons. The van der Waals surface area contributed by atoms with Crippen LogP contribution in [0.2, 0.25) is 0 Å². The number of hydrogen-bond acceptors (Lipinski definition) is 3. The van der Waals surface area contributed by atoms with Gasteiger partial charge in [-0.3, -0.25) is 0 Å². The minimum Gasteiger partial charge on any atom is -0.480 e. The van der Waals surface area contributed by atoms with E-state index in [0.717, 1.165) is 5.75 Å². The molecule has 0 bridgehead atoms. The molecule has 0 aromatic heterocycles. The van der Waals surface area contributed by atoms with Gasteiger partial charge in [-0.05, 0) is 35.5 Å². The first-order valence-corrected chi connectivity index (χ1v) is 7.43. The van der Waals surface area contributed by atoms with Crippen LogP contribution >= 0.6 is 11.8 Å². The number of carboxylic acid groups (broad SMARTS) is 1. The van der Waals surface area contributed by atoms with Crippen LogP contribution in [0.1, 0.15) is 37.3 Å². The van der Waals surface area contributed by atoms with Crippen LogP contribution < -0.4 is 5.73 Å². The molecule has 1 aromatic carbocycles. The van der Waals surface area contributed by atoms with E-state index in [1.165, 1.54) is 5.56 Å². The highest BCUT2D eigenvalue weighted by Crippen LogP contribution is 2.26. The van der Waals surface area contributed by atoms with Crippen molar-refractivity contribution in [1.82, 2.24) is 0 Å². The highest BCUT2D eigenvalue weighted by Gasteiger charge is 2.35. The summed E-state index contributed by atoms with van der Waals surface area (Å²) in [6, 6.07) is 7.60. The predicted molar refractivity (Wildman–Crippen MR) is 77.0 cm³/mol. The van der Waals surface area contributed by atoms with Crippen molar-refractivity contribution in [1.29, 1.82) is 0 Å². The first kappa shape index (κ1) is 15.1. The molecule has 0 spiro atoms. The van der Waals surface area contributed by atoms with Crippen LogP contribution in [-0.4, -0.2) is 23.1 Å². The van der Waals surface area contributed by atoms with E-state index in [1.54, 1.807) is 11.8 Å². The fourth-order valence-electron chi connectivity index (χ4n) is 1.80. The lowest BCUT2D eigenvalue weighted by Crippen LogP contribution is -2.45. The largest absolute Gasteiger partial charge is 0.480 e. The Morgan fingerprint density at radius 1 is 1.39 bits per heavy atom. The molecular weight excluding hydrogens is 246 g/mol. The molecule has 1 aromatic rings. The molecule has 1 atom stereocenters. The number of thioether (sulfide) groups is 1. The van der Waals surface area contributed by atoms with Crippen LogP contribution in [0.15, 0.2) is 24.3 Å². The third kappa shape index (κ3) is 3.27. The normalized spacial score (nSPS) is 14.5. The molecule has 0 heterocycles. The van der Waals surface area contributed by atoms with Crippen molar-refractivity contribution in [2.24, 2.45) is 5.73 Å². The highest BCUT2D eigenvalue weighted by atomic mass is 32.2. The molecule has 3 nitrogen and oxygen atoms in total. The summed E-state index contributed by atoms with van der Waals surface area (Å²) >= 11 is 1.61. The van der Waals surface area contributed by atoms with E-state index < -0.39 is 11.5 Å². The molecule has 3 N–H and O–H groups in total. The second kappa shape index (κ2) is 6.25. The molecule has 100 valence electrons. The molecule has 0 aliphatic heterocycles. The summed E-state index contributed by atoms with van der Waals surface area (Å²) in [6.45, 7) is 4.21. The maximum atomic E-state index is 11.4. The first-order valence-electron chi connectivity index (χ1n) is 6.03. The van der Waals surface area contributed by atoms with Gasteiger partial charge in [-0.2, -0.15) is 11.8 Å². The first-order chi connectivity index (χ1) is 8.41. The van der Waals surface area contributed by atoms with Crippen molar-refractivity contribution in [3.05, 3.63) is 35.4 Å². The SMILES string of the molecule is CSCCC(N)(C(=O)O)c1ccc(C(C)C)cc1. The summed E-state index contributed by atoms with van der Waals surface area (Å²) in [5, 5.41) is 9.36. The number of aliphatic carboxylic acids is 1. The zero-order chi connectivity index (χ0) is 13.8. The average molecular weight is 267 g/mol. The maximum absolute atomic E-state index is 11.4. The van der Waals surface area contributed by atoms with Crippen LogP contribution in [0.4, 0.5) is 0 Å². The van der Waals surface area contributed by atoms with Gasteiger partial charge in [0.25, 0.3) is 0 Å². The molecule has 1 unspecified atom stereocenters. The van der Waals surface area contributed by atoms with Gasteiger partial charge in [0, 0.05) is 0 Å². The lowest BCUT2D eigenvalue weighted by atomic mass is 9.87. The number of benzene rings is 1. The van der Waals surface area contributed by atoms with E-state index in [2.05, 4.69) is 13.8 Å². The van der Waals surface area contributed by atoms with E-state index in [1.807, 2.05) is 30.5 Å². The van der Waals surface area contributed by atoms with Gasteiger partial charge in [0.05, 0.1) is 0 Å². The van der Waals surface area contributed by atoms with Crippen LogP contribution in [-0.2, 0) is 10.3 Å². The number of carboxylic acids is 1. The van der Waals surface area contributed by atoms with Crippen molar-refractivity contribution >= 4 is 17.7 Å². The molecule has 0 amide bonds. The van der Waals surface area contributed by atoms with Crippen molar-refractivity contribution in [2.45, 2.75) is 31.7 Å². The molecule has 0 aliphatic rings. The number of carbonyl (C=O) groups is 1. The van der Waals surface area contributed by atoms with E-state index >= 15 is 0 Å². The number of rotatable bonds is 6. The Morgan fingerprint density at radius 3 is 2.33 bits per heavy atom. The summed E-state index contributed by atoms with van der Waals surface area (Å²) in [5.74, 6) is 0.199. The zero-order valence-electron chi connectivity index (χ0n) is 11.1. The van der Waals surface area contributed by atoms with E-state index in [9.17, 15) is 9.90 Å². The maximum Gasteiger partial charge on any atom is 0.328 e. The minimum absolute atomic E-state index is 0.433. The molecule has 0 fully saturated rings. The Labute approximate surface area is 113 Å². The van der Waals surface area contributed by atoms with Crippen LogP contribution in [0.5, 0.6) is 0 Å². The minimum atomic E-state index is -1.28. The van der Waals surface area contributed by atoms with Gasteiger partial charge in [0.15, 0.2) is 0 Å². The van der Waals surface area contributed by atoms with Crippen LogP contribution in [0.3, 0.4) is 0 Å². The fraction of sp³-hybridized carbons (Fsp3) is 0.500. The Kier molecular flexibility index (Phi) is 5.23. The van der Waals surface area contributed by atoms with Gasteiger partial charge in [-0.15, -0.1) is 0 Å². The monoisotopic (exact) mass is 267 g/mol. The van der Waals surface area contributed by atoms with Crippen LogP contribution in [0, 0.1) is 0 Å². The second-order valence-electron chi connectivity index (χ2n) is 4.80. The molecule has 1 rings (SSSR count). The van der Waals surface area contributed by atoms with Crippen molar-refractivity contribution in [3.8, 4) is 0 Å². The molecular formula is C14H21NO2S. The van der Waals surface area contributed by atoms with Gasteiger partial charge in [0.2, 0.25) is 0 Å². The summed E-state index contributed by atoms with van der Waals surface area (Å²) in [5.41, 5.74) is 6.65. The molecule has 0 saturated heterocycles. The third-order valence-electron chi connectivity index (χ3n) is 3.17. The third-order valence-corrected chi connectivity index (χ3v) is 3.79. The Morgan fingerprint density at radius 2 is 1.94 bits per heavy atom. The zero-order valence-corrected chi connectivity index (χ0v) is 12.0. The van der Waals surface area contributed by atoms with E-state index in [0.29, 0.717) is 17.9 Å². The summed E-state index contributed by atoms with van der Waals surface area (Å²) in [7, 11) is 0. The van der Waals surface area contributed by atoms with E-state index in [-0.39, 0.29) is 0 Å². The standard InChI is InChI=1S/C14H21NO2S/c1-10(2)11-4-6-12(7-5-11)14(15,13(16)17)8-9-18-3/h4-7,10H,8-9,15H2,1-3H3,(H,16,17). The predicted octanol–water partition coefficient (Wildman–Crippen LogP) is 2.80. The molecule has 0 aliphatic carbocycles. The Hall–Kier alpha value is -1.00. The number of nitrogens with two attached hydrogens (primary N) is 1. The average Bonchev–Trinajstić information content (AvgIpc) is 2.35. The van der Waals surface area contributed by atoms with Gasteiger partial charge in [-0.25, -0.2) is 4.79 Å². The smallest absolute Gasteiger partial charge is 0.328 e. The Bertz CT molecular complexity index is 403. The second-order valence-corrected chi connectivity index (χ2v) is 5.78. The van der Waals surface area contributed by atoms with Crippen molar-refractivity contribution in [2.75, 3.05) is 12.0 Å². The lowest BCUT2D eigenvalue weighted by Gasteiger charge is -2.25. The molecule has 0 saturated carbocycles. The summed E-state index contributed by atoms with van der Waals surface area (Å²) in [4.78, 5) is 11.4. The van der Waals surface area contributed by atoms with Crippen molar-refractivity contribution in [3.63, 3.8) is 0 Å². The Balaban J connectivity index is 3.02. The molecule has 18 heavy (non-hydrogen) atoms. The summed E-state index contributed by atoms with van der Waals surface area (Å²) in [6.07, 6.45) is 2.38. The fourth-order valence-corrected chi connectivity index (χ4v) is 2.33. The van der Waals surface area contributed by atoms with E-state index in [4.69, 9.17) is 5.73 Å². The quantitative estimate of drug-likeness (QED) is 0.832. The summed E-state index contributed by atoms with van der Waals surface area (Å²) < 4.78 is 0.